The lowest BCUT2D eigenvalue weighted by Gasteiger charge is -2.18. The number of pyridine rings is 1. The Morgan fingerprint density at radius 3 is 2.94 bits per heavy atom. The number of hydrogen-bond acceptors (Lipinski definition) is 3. The summed E-state index contributed by atoms with van der Waals surface area (Å²) in [5, 5.41) is 0. The summed E-state index contributed by atoms with van der Waals surface area (Å²) in [6.07, 6.45) is 6.34. The van der Waals surface area contributed by atoms with Gasteiger partial charge in [-0.3, -0.25) is 0 Å². The van der Waals surface area contributed by atoms with Crippen LogP contribution in [0.3, 0.4) is 0 Å². The van der Waals surface area contributed by atoms with Gasteiger partial charge in [0.25, 0.3) is 0 Å². The zero-order valence-electron chi connectivity index (χ0n) is 10.6. The molecule has 0 spiro atoms. The Morgan fingerprint density at radius 2 is 2.35 bits per heavy atom. The third kappa shape index (κ3) is 4.72. The van der Waals surface area contributed by atoms with Crippen LogP contribution in [-0.4, -0.2) is 25.2 Å². The first-order valence-electron chi connectivity index (χ1n) is 5.84. The summed E-state index contributed by atoms with van der Waals surface area (Å²) in [5.74, 6) is 1.93. The number of hydrogen-bond donors (Lipinski definition) is 0. The van der Waals surface area contributed by atoms with E-state index >= 15 is 0 Å². The first-order valence-corrected chi connectivity index (χ1v) is 5.84. The summed E-state index contributed by atoms with van der Waals surface area (Å²) < 4.78 is 5.64. The zero-order valence-corrected chi connectivity index (χ0v) is 10.6. The molecule has 0 radical (unpaired) electrons. The average Bonchev–Trinajstić information content (AvgIpc) is 2.38. The minimum atomic E-state index is 0.653. The van der Waals surface area contributed by atoms with Crippen molar-refractivity contribution in [1.82, 2.24) is 4.98 Å². The van der Waals surface area contributed by atoms with Crippen LogP contribution in [0.2, 0.25) is 0 Å². The summed E-state index contributed by atoms with van der Waals surface area (Å²) in [6, 6.07) is 5.88. The van der Waals surface area contributed by atoms with E-state index < -0.39 is 0 Å². The lowest BCUT2D eigenvalue weighted by molar-refractivity contribution is 0.212. The Hall–Kier alpha value is -1.77. The van der Waals surface area contributed by atoms with Crippen molar-refractivity contribution in [2.24, 2.45) is 0 Å². The summed E-state index contributed by atoms with van der Waals surface area (Å²) in [7, 11) is 2.01. The van der Waals surface area contributed by atoms with Crippen molar-refractivity contribution in [3.63, 3.8) is 0 Å². The molecule has 1 aromatic heterocycles. The van der Waals surface area contributed by atoms with E-state index in [1.165, 1.54) is 0 Å². The molecule has 0 fully saturated rings. The van der Waals surface area contributed by atoms with Gasteiger partial charge in [0.2, 0.25) is 0 Å². The molecule has 0 unspecified atom stereocenters. The second kappa shape index (κ2) is 7.49. The number of allylic oxidation sites excluding steroid dienone is 3. The zero-order chi connectivity index (χ0) is 12.5. The van der Waals surface area contributed by atoms with Crippen LogP contribution in [0.15, 0.2) is 48.9 Å². The fraction of sp³-hybridized carbons (Fsp3) is 0.357. The van der Waals surface area contributed by atoms with Crippen LogP contribution in [0.5, 0.6) is 0 Å². The highest BCUT2D eigenvalue weighted by Crippen LogP contribution is 2.07. The minimum Gasteiger partial charge on any atom is -0.496 e. The number of nitrogens with zero attached hydrogens (tertiary/aromatic N) is 2. The molecule has 0 N–H and O–H groups in total. The molecule has 1 rings (SSSR count). The van der Waals surface area contributed by atoms with Gasteiger partial charge in [0, 0.05) is 19.7 Å². The Labute approximate surface area is 103 Å². The van der Waals surface area contributed by atoms with Gasteiger partial charge in [-0.05, 0) is 18.2 Å². The van der Waals surface area contributed by atoms with Crippen molar-refractivity contribution in [2.45, 2.75) is 13.3 Å². The highest BCUT2D eigenvalue weighted by Gasteiger charge is 2.01. The maximum absolute atomic E-state index is 5.64. The molecule has 0 saturated carbocycles. The highest BCUT2D eigenvalue weighted by molar-refractivity contribution is 5.36. The normalized spacial score (nSPS) is 11.1. The maximum atomic E-state index is 5.64. The predicted molar refractivity (Wildman–Crippen MR) is 72.0 cm³/mol. The molecular weight excluding hydrogens is 212 g/mol. The van der Waals surface area contributed by atoms with E-state index in [9.17, 15) is 0 Å². The van der Waals surface area contributed by atoms with E-state index in [4.69, 9.17) is 4.74 Å². The van der Waals surface area contributed by atoms with Crippen molar-refractivity contribution < 1.29 is 4.74 Å². The fourth-order valence-electron chi connectivity index (χ4n) is 1.41. The van der Waals surface area contributed by atoms with E-state index in [0.717, 1.165) is 24.5 Å². The molecule has 0 amide bonds. The second-order valence-electron chi connectivity index (χ2n) is 3.68. The van der Waals surface area contributed by atoms with Crippen molar-refractivity contribution in [2.75, 3.05) is 25.1 Å². The number of likely N-dealkylation sites (N-methyl/N-ethyl adjacent to an activating group) is 1. The van der Waals surface area contributed by atoms with E-state index in [1.807, 2.05) is 31.3 Å². The van der Waals surface area contributed by atoms with Gasteiger partial charge < -0.3 is 9.64 Å². The van der Waals surface area contributed by atoms with Gasteiger partial charge in [0.05, 0.1) is 12.3 Å². The predicted octanol–water partition coefficient (Wildman–Crippen LogP) is 3.01. The van der Waals surface area contributed by atoms with E-state index in [0.29, 0.717) is 6.61 Å². The first kappa shape index (κ1) is 13.3. The summed E-state index contributed by atoms with van der Waals surface area (Å²) in [5.41, 5.74) is 0. The van der Waals surface area contributed by atoms with Crippen LogP contribution in [0.4, 0.5) is 5.82 Å². The molecule has 1 aromatic rings. The molecule has 3 nitrogen and oxygen atoms in total. The van der Waals surface area contributed by atoms with E-state index in [1.54, 1.807) is 12.3 Å². The van der Waals surface area contributed by atoms with Gasteiger partial charge >= 0.3 is 0 Å². The van der Waals surface area contributed by atoms with Crippen LogP contribution in [0.1, 0.15) is 13.3 Å². The second-order valence-corrected chi connectivity index (χ2v) is 3.68. The molecule has 0 atom stereocenters. The van der Waals surface area contributed by atoms with Gasteiger partial charge in [-0.1, -0.05) is 25.6 Å². The monoisotopic (exact) mass is 232 g/mol. The largest absolute Gasteiger partial charge is 0.496 e. The molecular formula is C14H20N2O. The molecule has 0 bridgehead atoms. The lowest BCUT2D eigenvalue weighted by Crippen LogP contribution is -2.23. The Morgan fingerprint density at radius 1 is 1.53 bits per heavy atom. The van der Waals surface area contributed by atoms with Gasteiger partial charge in [-0.25, -0.2) is 4.98 Å². The molecule has 0 aliphatic carbocycles. The van der Waals surface area contributed by atoms with Crippen molar-refractivity contribution in [3.05, 3.63) is 48.9 Å². The molecule has 0 aliphatic heterocycles. The van der Waals surface area contributed by atoms with Crippen LogP contribution in [0, 0.1) is 0 Å². The topological polar surface area (TPSA) is 25.4 Å². The standard InChI is InChI=1S/C14H20N2O/c1-4-8-13(5-2)17-12-11-16(3)14-9-6-7-10-15-14/h4,6-10H,1,5,11-12H2,2-3H3/b13-8+. The third-order valence-corrected chi connectivity index (χ3v) is 2.41. The summed E-state index contributed by atoms with van der Waals surface area (Å²) in [4.78, 5) is 6.34. The molecule has 0 aliphatic rings. The number of ether oxygens (including phenoxy) is 1. The van der Waals surface area contributed by atoms with E-state index in [2.05, 4.69) is 23.4 Å². The smallest absolute Gasteiger partial charge is 0.128 e. The van der Waals surface area contributed by atoms with Crippen LogP contribution in [-0.2, 0) is 4.74 Å². The lowest BCUT2D eigenvalue weighted by atomic mass is 10.3. The maximum Gasteiger partial charge on any atom is 0.128 e. The van der Waals surface area contributed by atoms with Crippen molar-refractivity contribution in [1.29, 1.82) is 0 Å². The van der Waals surface area contributed by atoms with E-state index in [-0.39, 0.29) is 0 Å². The Kier molecular flexibility index (Phi) is 5.86. The van der Waals surface area contributed by atoms with Gasteiger partial charge in [-0.15, -0.1) is 0 Å². The SMILES string of the molecule is C=C/C=C(\CC)OCCN(C)c1ccccn1. The molecule has 17 heavy (non-hydrogen) atoms. The molecule has 3 heteroatoms. The fourth-order valence-corrected chi connectivity index (χ4v) is 1.41. The van der Waals surface area contributed by atoms with Gasteiger partial charge in [0.15, 0.2) is 0 Å². The first-order chi connectivity index (χ1) is 8.27. The molecule has 1 heterocycles. The minimum absolute atomic E-state index is 0.653. The third-order valence-electron chi connectivity index (χ3n) is 2.41. The summed E-state index contributed by atoms with van der Waals surface area (Å²) in [6.45, 7) is 7.19. The van der Waals surface area contributed by atoms with Gasteiger partial charge in [0.1, 0.15) is 12.4 Å². The quantitative estimate of drug-likeness (QED) is 0.534. The molecule has 0 aromatic carbocycles. The van der Waals surface area contributed by atoms with Crippen molar-refractivity contribution >= 4 is 5.82 Å². The molecule has 0 saturated heterocycles. The number of anilines is 1. The van der Waals surface area contributed by atoms with Crippen molar-refractivity contribution in [3.8, 4) is 0 Å². The van der Waals surface area contributed by atoms with Crippen LogP contribution >= 0.6 is 0 Å². The van der Waals surface area contributed by atoms with Gasteiger partial charge in [-0.2, -0.15) is 0 Å². The Bertz CT molecular complexity index is 360. The number of rotatable bonds is 7. The van der Waals surface area contributed by atoms with Crippen LogP contribution < -0.4 is 4.90 Å². The highest BCUT2D eigenvalue weighted by atomic mass is 16.5. The number of aromatic nitrogens is 1. The Balaban J connectivity index is 2.36. The average molecular weight is 232 g/mol. The summed E-state index contributed by atoms with van der Waals surface area (Å²) >= 11 is 0. The van der Waals surface area contributed by atoms with Crippen LogP contribution in [0.25, 0.3) is 0 Å². The molecule has 92 valence electrons.